The summed E-state index contributed by atoms with van der Waals surface area (Å²) in [7, 11) is 0. The molecule has 0 radical (unpaired) electrons. The van der Waals surface area contributed by atoms with E-state index >= 15 is 0 Å². The summed E-state index contributed by atoms with van der Waals surface area (Å²) in [5.41, 5.74) is 2.84. The quantitative estimate of drug-likeness (QED) is 0.186. The lowest BCUT2D eigenvalue weighted by Gasteiger charge is -2.63. The standard InChI is InChI=1S/C39H56N4O4/c1-25(2)7-6-8-26(3)33-17-18-34-37-35(20-22-39(33,34)5)38(4)21-19-30(40-28-9-13-31(14-10-28)42(44)45)23-27(38)24-36(37)41-29-11-15-32(16-12-29)43(46)47/h9-16,25-27,30,33-37,40-41H,6-8,17-24H2,1-5H3/t26-,27-,30+,33-,34+,35+,36-,37+,38+,39-/m1/s1. The van der Waals surface area contributed by atoms with Gasteiger partial charge in [-0.3, -0.25) is 20.2 Å². The van der Waals surface area contributed by atoms with Crippen LogP contribution < -0.4 is 10.6 Å². The Labute approximate surface area is 281 Å². The zero-order valence-electron chi connectivity index (χ0n) is 29.1. The molecule has 256 valence electrons. The summed E-state index contributed by atoms with van der Waals surface area (Å²) in [6.45, 7) is 12.5. The molecule has 47 heavy (non-hydrogen) atoms. The number of fused-ring (bicyclic) bond motifs is 5. The minimum atomic E-state index is -0.346. The molecule has 4 aliphatic carbocycles. The molecule has 0 unspecified atom stereocenters. The topological polar surface area (TPSA) is 110 Å². The van der Waals surface area contributed by atoms with Gasteiger partial charge in [0.15, 0.2) is 0 Å². The molecule has 0 saturated heterocycles. The largest absolute Gasteiger partial charge is 0.382 e. The number of rotatable bonds is 11. The monoisotopic (exact) mass is 644 g/mol. The highest BCUT2D eigenvalue weighted by Gasteiger charge is 2.63. The van der Waals surface area contributed by atoms with Crippen molar-refractivity contribution in [3.63, 3.8) is 0 Å². The Balaban J connectivity index is 1.25. The molecule has 2 aromatic carbocycles. The number of nitro groups is 2. The third kappa shape index (κ3) is 6.63. The molecule has 6 rings (SSSR count). The highest BCUT2D eigenvalue weighted by atomic mass is 16.6. The van der Waals surface area contributed by atoms with Crippen molar-refractivity contribution in [2.45, 2.75) is 117 Å². The lowest BCUT2D eigenvalue weighted by Crippen LogP contribution is -2.60. The third-order valence-corrected chi connectivity index (χ3v) is 13.8. The van der Waals surface area contributed by atoms with Crippen molar-refractivity contribution in [2.24, 2.45) is 52.3 Å². The number of nitrogens with zero attached hydrogens (tertiary/aromatic N) is 2. The molecular weight excluding hydrogens is 588 g/mol. The number of benzene rings is 2. The van der Waals surface area contributed by atoms with Crippen LogP contribution in [-0.2, 0) is 0 Å². The van der Waals surface area contributed by atoms with Gasteiger partial charge in [0.25, 0.3) is 11.4 Å². The molecule has 0 aromatic heterocycles. The van der Waals surface area contributed by atoms with Crippen molar-refractivity contribution in [2.75, 3.05) is 10.6 Å². The molecule has 8 nitrogen and oxygen atoms in total. The van der Waals surface area contributed by atoms with Crippen molar-refractivity contribution in [1.82, 2.24) is 0 Å². The predicted octanol–water partition coefficient (Wildman–Crippen LogP) is 10.5. The summed E-state index contributed by atoms with van der Waals surface area (Å²) in [4.78, 5) is 21.9. The summed E-state index contributed by atoms with van der Waals surface area (Å²) in [6.07, 6.45) is 13.8. The van der Waals surface area contributed by atoms with E-state index in [9.17, 15) is 20.2 Å². The molecule has 0 heterocycles. The fourth-order valence-electron chi connectivity index (χ4n) is 11.4. The smallest absolute Gasteiger partial charge is 0.269 e. The van der Waals surface area contributed by atoms with Crippen LogP contribution in [0.3, 0.4) is 0 Å². The van der Waals surface area contributed by atoms with E-state index in [0.717, 1.165) is 48.4 Å². The molecule has 10 atom stereocenters. The number of nitrogens with one attached hydrogen (secondary N) is 2. The number of anilines is 2. The lowest BCUT2D eigenvalue weighted by molar-refractivity contribution is -0.385. The SMILES string of the molecule is CC(C)CCC[C@@H](C)[C@H]1CC[C@H]2[C@@H]3[C@H](Nc4ccc([N+](=O)[O-])cc4)C[C@H]4C[C@@H](Nc5ccc([N+](=O)[O-])cc5)CC[C@]4(C)[C@H]3CC[C@]12C. The second kappa shape index (κ2) is 13.4. The number of non-ortho nitro benzene ring substituents is 2. The Morgan fingerprint density at radius 2 is 1.32 bits per heavy atom. The van der Waals surface area contributed by atoms with E-state index in [-0.39, 0.29) is 26.6 Å². The predicted molar refractivity (Wildman–Crippen MR) is 189 cm³/mol. The van der Waals surface area contributed by atoms with Crippen molar-refractivity contribution in [3.05, 3.63) is 68.8 Å². The summed E-state index contributed by atoms with van der Waals surface area (Å²) < 4.78 is 0. The first kappa shape index (κ1) is 33.7. The van der Waals surface area contributed by atoms with Crippen LogP contribution in [0.5, 0.6) is 0 Å². The molecule has 0 bridgehead atoms. The van der Waals surface area contributed by atoms with Gasteiger partial charge in [-0.15, -0.1) is 0 Å². The number of hydrogen-bond donors (Lipinski definition) is 2. The molecular formula is C39H56N4O4. The van der Waals surface area contributed by atoms with E-state index in [4.69, 9.17) is 0 Å². The summed E-state index contributed by atoms with van der Waals surface area (Å²) in [6, 6.07) is 14.6. The Morgan fingerprint density at radius 3 is 1.91 bits per heavy atom. The first-order valence-corrected chi connectivity index (χ1v) is 18.4. The van der Waals surface area contributed by atoms with Gasteiger partial charge < -0.3 is 10.6 Å². The van der Waals surface area contributed by atoms with E-state index in [2.05, 4.69) is 45.3 Å². The zero-order valence-corrected chi connectivity index (χ0v) is 29.1. The Morgan fingerprint density at radius 1 is 0.745 bits per heavy atom. The van der Waals surface area contributed by atoms with Crippen LogP contribution in [-0.4, -0.2) is 21.9 Å². The number of hydrogen-bond acceptors (Lipinski definition) is 6. The van der Waals surface area contributed by atoms with Gasteiger partial charge >= 0.3 is 0 Å². The van der Waals surface area contributed by atoms with E-state index in [1.54, 1.807) is 24.3 Å². The molecule has 8 heteroatoms. The fourth-order valence-corrected chi connectivity index (χ4v) is 11.4. The van der Waals surface area contributed by atoms with Gasteiger partial charge in [-0.1, -0.05) is 53.9 Å². The average Bonchev–Trinajstić information content (AvgIpc) is 3.39. The maximum atomic E-state index is 11.4. The zero-order chi connectivity index (χ0) is 33.5. The molecule has 0 aliphatic heterocycles. The van der Waals surface area contributed by atoms with Crippen LogP contribution in [0.2, 0.25) is 0 Å². The van der Waals surface area contributed by atoms with Gasteiger partial charge in [0.2, 0.25) is 0 Å². The second-order valence-corrected chi connectivity index (χ2v) is 16.7. The van der Waals surface area contributed by atoms with Gasteiger partial charge in [0, 0.05) is 47.7 Å². The fraction of sp³-hybridized carbons (Fsp3) is 0.692. The Hall–Kier alpha value is -3.16. The van der Waals surface area contributed by atoms with Gasteiger partial charge in [-0.25, -0.2) is 0 Å². The Bertz CT molecular complexity index is 1410. The van der Waals surface area contributed by atoms with Gasteiger partial charge in [0.1, 0.15) is 0 Å². The van der Waals surface area contributed by atoms with Gasteiger partial charge in [-0.05, 0) is 128 Å². The van der Waals surface area contributed by atoms with E-state index in [1.807, 2.05) is 24.3 Å². The lowest BCUT2D eigenvalue weighted by atomic mass is 9.43. The van der Waals surface area contributed by atoms with Crippen LogP contribution in [0.4, 0.5) is 22.7 Å². The van der Waals surface area contributed by atoms with E-state index in [1.165, 1.54) is 51.4 Å². The average molecular weight is 645 g/mol. The van der Waals surface area contributed by atoms with Crippen LogP contribution in [0.25, 0.3) is 0 Å². The van der Waals surface area contributed by atoms with Crippen LogP contribution >= 0.6 is 0 Å². The van der Waals surface area contributed by atoms with Gasteiger partial charge in [0.05, 0.1) is 9.85 Å². The maximum Gasteiger partial charge on any atom is 0.269 e. The molecule has 4 fully saturated rings. The molecule has 0 amide bonds. The highest BCUT2D eigenvalue weighted by Crippen LogP contribution is 2.68. The van der Waals surface area contributed by atoms with Crippen molar-refractivity contribution >= 4 is 22.7 Å². The first-order chi connectivity index (χ1) is 22.4. The molecule has 4 saturated carbocycles. The molecule has 4 aliphatic rings. The highest BCUT2D eigenvalue weighted by molar-refractivity contribution is 5.50. The van der Waals surface area contributed by atoms with Crippen LogP contribution in [0.15, 0.2) is 48.5 Å². The van der Waals surface area contributed by atoms with Crippen molar-refractivity contribution < 1.29 is 9.85 Å². The van der Waals surface area contributed by atoms with Crippen molar-refractivity contribution in [3.8, 4) is 0 Å². The van der Waals surface area contributed by atoms with Crippen molar-refractivity contribution in [1.29, 1.82) is 0 Å². The number of nitro benzene ring substituents is 2. The Kier molecular flexibility index (Phi) is 9.61. The minimum absolute atomic E-state index is 0.119. The molecule has 2 N–H and O–H groups in total. The summed E-state index contributed by atoms with van der Waals surface area (Å²) in [5.74, 6) is 4.82. The third-order valence-electron chi connectivity index (χ3n) is 13.8. The maximum absolute atomic E-state index is 11.4. The van der Waals surface area contributed by atoms with Crippen LogP contribution in [0.1, 0.15) is 105 Å². The normalized spacial score (nSPS) is 35.3. The summed E-state index contributed by atoms with van der Waals surface area (Å²) >= 11 is 0. The van der Waals surface area contributed by atoms with E-state index < -0.39 is 0 Å². The second-order valence-electron chi connectivity index (χ2n) is 16.7. The molecule has 2 aromatic rings. The minimum Gasteiger partial charge on any atom is -0.382 e. The molecule has 0 spiro atoms. The first-order valence-electron chi connectivity index (χ1n) is 18.4. The van der Waals surface area contributed by atoms with E-state index in [0.29, 0.717) is 41.2 Å². The van der Waals surface area contributed by atoms with Gasteiger partial charge in [-0.2, -0.15) is 0 Å². The van der Waals surface area contributed by atoms with Crippen LogP contribution in [0, 0.1) is 72.5 Å². The summed E-state index contributed by atoms with van der Waals surface area (Å²) in [5, 5.41) is 30.3.